The van der Waals surface area contributed by atoms with Crippen molar-refractivity contribution in [3.63, 3.8) is 0 Å². The van der Waals surface area contributed by atoms with E-state index < -0.39 is 5.92 Å². The number of hydrogen-bond donors (Lipinski definition) is 1. The molecular formula is C21H21ClF2N4O2. The second-order valence-electron chi connectivity index (χ2n) is 7.87. The number of benzene rings is 1. The third-order valence-corrected chi connectivity index (χ3v) is 5.75. The first-order valence-electron chi connectivity index (χ1n) is 9.60. The number of halogens is 3. The number of pyridine rings is 2. The molecule has 0 atom stereocenters. The fraction of sp³-hybridized carbons (Fsp3) is 0.381. The first-order chi connectivity index (χ1) is 14.2. The van der Waals surface area contributed by atoms with Crippen LogP contribution in [-0.4, -0.2) is 42.4 Å². The van der Waals surface area contributed by atoms with Gasteiger partial charge in [-0.05, 0) is 30.2 Å². The molecular weight excluding hydrogens is 414 g/mol. The molecule has 0 amide bonds. The highest BCUT2D eigenvalue weighted by molar-refractivity contribution is 6.35. The number of fused-ring (bicyclic) bond motifs is 2. The van der Waals surface area contributed by atoms with E-state index in [1.54, 1.807) is 47.8 Å². The van der Waals surface area contributed by atoms with E-state index in [-0.39, 0.29) is 30.7 Å². The van der Waals surface area contributed by atoms with Gasteiger partial charge >= 0.3 is 0 Å². The first-order valence-corrected chi connectivity index (χ1v) is 9.98. The summed E-state index contributed by atoms with van der Waals surface area (Å²) in [5.74, 6) is -2.23. The van der Waals surface area contributed by atoms with E-state index >= 15 is 0 Å². The predicted octanol–water partition coefficient (Wildman–Crippen LogP) is 3.93. The highest BCUT2D eigenvalue weighted by Gasteiger charge is 2.44. The smallest absolute Gasteiger partial charge is 0.248 e. The monoisotopic (exact) mass is 434 g/mol. The fourth-order valence-electron chi connectivity index (χ4n) is 4.05. The molecule has 2 aromatic heterocycles. The zero-order valence-corrected chi connectivity index (χ0v) is 17.3. The normalized spacial score (nSPS) is 15.9. The lowest BCUT2D eigenvalue weighted by atomic mass is 9.81. The third-order valence-electron chi connectivity index (χ3n) is 5.44. The standard InChI is InChI=1S/C21H21ClF2N4O2/c1-27(2)18-15(22)5-3-13-17(18)28(7-8-29)20-14(19(13)30)4-6-16(26-20)25-11-12-9-21(23,24)10-12/h3-6,8,12H,7,9-11H2,1-2H3,(H,25,26). The molecule has 158 valence electrons. The van der Waals surface area contributed by atoms with Crippen LogP contribution in [0.15, 0.2) is 29.1 Å². The van der Waals surface area contributed by atoms with Gasteiger partial charge in [0, 0.05) is 38.9 Å². The van der Waals surface area contributed by atoms with Crippen molar-refractivity contribution in [3.8, 4) is 0 Å². The van der Waals surface area contributed by atoms with Crippen LogP contribution >= 0.6 is 11.6 Å². The summed E-state index contributed by atoms with van der Waals surface area (Å²) in [5.41, 5.74) is 1.28. The average Bonchev–Trinajstić information content (AvgIpc) is 2.67. The van der Waals surface area contributed by atoms with Gasteiger partial charge in [0.2, 0.25) is 5.92 Å². The quantitative estimate of drug-likeness (QED) is 0.470. The summed E-state index contributed by atoms with van der Waals surface area (Å²) in [7, 11) is 3.61. The van der Waals surface area contributed by atoms with Crippen LogP contribution in [0, 0.1) is 5.92 Å². The van der Waals surface area contributed by atoms with Gasteiger partial charge in [-0.1, -0.05) is 11.6 Å². The molecule has 2 heterocycles. The van der Waals surface area contributed by atoms with Gasteiger partial charge in [0.05, 0.1) is 28.2 Å². The van der Waals surface area contributed by atoms with Crippen molar-refractivity contribution >= 4 is 51.3 Å². The molecule has 0 saturated heterocycles. The van der Waals surface area contributed by atoms with Gasteiger partial charge in [-0.2, -0.15) is 0 Å². The number of carbonyl (C=O) groups is 1. The lowest BCUT2D eigenvalue weighted by Crippen LogP contribution is -2.39. The highest BCUT2D eigenvalue weighted by Crippen LogP contribution is 2.42. The zero-order valence-electron chi connectivity index (χ0n) is 16.6. The third kappa shape index (κ3) is 3.49. The van der Waals surface area contributed by atoms with Gasteiger partial charge in [0.1, 0.15) is 17.8 Å². The Balaban J connectivity index is 1.86. The number of carbonyl (C=O) groups excluding carboxylic acids is 1. The zero-order chi connectivity index (χ0) is 21.6. The van der Waals surface area contributed by atoms with Crippen LogP contribution in [-0.2, 0) is 11.3 Å². The average molecular weight is 435 g/mol. The molecule has 0 aliphatic heterocycles. The van der Waals surface area contributed by atoms with Crippen molar-refractivity contribution in [1.82, 2.24) is 9.55 Å². The van der Waals surface area contributed by atoms with E-state index in [4.69, 9.17) is 11.6 Å². The summed E-state index contributed by atoms with van der Waals surface area (Å²) < 4.78 is 27.8. The van der Waals surface area contributed by atoms with Crippen molar-refractivity contribution in [2.75, 3.05) is 30.9 Å². The molecule has 0 bridgehead atoms. The summed E-state index contributed by atoms with van der Waals surface area (Å²) >= 11 is 6.40. The van der Waals surface area contributed by atoms with Gasteiger partial charge in [0.25, 0.3) is 0 Å². The van der Waals surface area contributed by atoms with Crippen molar-refractivity contribution < 1.29 is 13.6 Å². The van der Waals surface area contributed by atoms with E-state index in [9.17, 15) is 18.4 Å². The summed E-state index contributed by atoms with van der Waals surface area (Å²) in [6.07, 6.45) is 0.458. The number of hydrogen-bond acceptors (Lipinski definition) is 5. The number of aromatic nitrogens is 2. The minimum Gasteiger partial charge on any atom is -0.375 e. The molecule has 1 aliphatic rings. The predicted molar refractivity (Wildman–Crippen MR) is 115 cm³/mol. The summed E-state index contributed by atoms with van der Waals surface area (Å²) in [5, 5.41) is 4.34. The minimum absolute atomic E-state index is 0.0141. The largest absolute Gasteiger partial charge is 0.375 e. The molecule has 9 heteroatoms. The number of rotatable bonds is 6. The Hall–Kier alpha value is -2.74. The maximum atomic E-state index is 13.1. The second-order valence-corrected chi connectivity index (χ2v) is 8.28. The van der Waals surface area contributed by atoms with Crippen molar-refractivity contribution in [1.29, 1.82) is 0 Å². The molecule has 1 saturated carbocycles. The lowest BCUT2D eigenvalue weighted by molar-refractivity contribution is -0.108. The summed E-state index contributed by atoms with van der Waals surface area (Å²) in [4.78, 5) is 30.9. The molecule has 1 aromatic carbocycles. The Morgan fingerprint density at radius 1 is 1.27 bits per heavy atom. The van der Waals surface area contributed by atoms with Gasteiger partial charge in [-0.15, -0.1) is 0 Å². The number of anilines is 2. The summed E-state index contributed by atoms with van der Waals surface area (Å²) in [6.45, 7) is 0.355. The molecule has 6 nitrogen and oxygen atoms in total. The van der Waals surface area contributed by atoms with E-state index in [1.165, 1.54) is 0 Å². The topological polar surface area (TPSA) is 67.2 Å². The molecule has 0 unspecified atom stereocenters. The van der Waals surface area contributed by atoms with Gasteiger partial charge in [-0.3, -0.25) is 4.79 Å². The van der Waals surface area contributed by atoms with E-state index in [0.29, 0.717) is 45.0 Å². The Bertz CT molecular complexity index is 1200. The second kappa shape index (κ2) is 7.50. The number of aldehydes is 1. The fourth-order valence-corrected chi connectivity index (χ4v) is 4.37. The Labute approximate surface area is 176 Å². The molecule has 30 heavy (non-hydrogen) atoms. The van der Waals surface area contributed by atoms with Crippen LogP contribution in [0.5, 0.6) is 0 Å². The van der Waals surface area contributed by atoms with Crippen LogP contribution in [0.4, 0.5) is 20.3 Å². The van der Waals surface area contributed by atoms with E-state index in [0.717, 1.165) is 6.29 Å². The minimum atomic E-state index is -2.58. The lowest BCUT2D eigenvalue weighted by Gasteiger charge is -2.35. The molecule has 1 fully saturated rings. The SMILES string of the molecule is CN(C)c1c(Cl)ccc2c(=O)c3ccc(NCC4CC(F)(F)C4)nc3n(CC=O)c12. The molecule has 1 N–H and O–H groups in total. The van der Waals surface area contributed by atoms with Crippen molar-refractivity contribution in [2.24, 2.45) is 5.92 Å². The van der Waals surface area contributed by atoms with E-state index in [1.807, 2.05) is 0 Å². The maximum Gasteiger partial charge on any atom is 0.248 e. The maximum absolute atomic E-state index is 13.1. The van der Waals surface area contributed by atoms with Crippen LogP contribution in [0.3, 0.4) is 0 Å². The van der Waals surface area contributed by atoms with Crippen LogP contribution in [0.2, 0.25) is 5.02 Å². The first kappa shape index (κ1) is 20.5. The molecule has 1 aliphatic carbocycles. The molecule has 0 spiro atoms. The van der Waals surface area contributed by atoms with E-state index in [2.05, 4.69) is 10.3 Å². The molecule has 4 rings (SSSR count). The van der Waals surface area contributed by atoms with Crippen LogP contribution in [0.25, 0.3) is 21.9 Å². The van der Waals surface area contributed by atoms with Gasteiger partial charge < -0.3 is 19.6 Å². The van der Waals surface area contributed by atoms with Crippen molar-refractivity contribution in [2.45, 2.75) is 25.3 Å². The number of nitrogens with one attached hydrogen (secondary N) is 1. The van der Waals surface area contributed by atoms with Gasteiger partial charge in [-0.25, -0.2) is 13.8 Å². The van der Waals surface area contributed by atoms with Crippen LogP contribution < -0.4 is 15.6 Å². The van der Waals surface area contributed by atoms with Crippen molar-refractivity contribution in [3.05, 3.63) is 39.5 Å². The number of alkyl halides is 2. The molecule has 3 aromatic rings. The number of nitrogens with zero attached hydrogens (tertiary/aromatic N) is 3. The Morgan fingerprint density at radius 2 is 1.97 bits per heavy atom. The summed E-state index contributed by atoms with van der Waals surface area (Å²) in [6, 6.07) is 6.61. The highest BCUT2D eigenvalue weighted by atomic mass is 35.5. The Morgan fingerprint density at radius 3 is 2.60 bits per heavy atom. The molecule has 0 radical (unpaired) electrons. The Kier molecular flexibility index (Phi) is 5.13. The van der Waals surface area contributed by atoms with Gasteiger partial charge in [0.15, 0.2) is 5.43 Å². The van der Waals surface area contributed by atoms with Crippen LogP contribution in [0.1, 0.15) is 12.8 Å².